The van der Waals surface area contributed by atoms with Gasteiger partial charge in [-0.25, -0.2) is 9.37 Å². The first kappa shape index (κ1) is 17.4. The number of aliphatic hydroxyl groups excluding tert-OH is 1. The van der Waals surface area contributed by atoms with E-state index in [2.05, 4.69) is 10.1 Å². The number of hydrogen-bond acceptors (Lipinski definition) is 5. The second-order valence-corrected chi connectivity index (χ2v) is 7.99. The lowest BCUT2D eigenvalue weighted by Crippen LogP contribution is -2.18. The maximum atomic E-state index is 12.9. The number of hydrogen-bond donors (Lipinski definition) is 1. The maximum absolute atomic E-state index is 12.9. The lowest BCUT2D eigenvalue weighted by molar-refractivity contribution is 0.273. The van der Waals surface area contributed by atoms with E-state index < -0.39 is 6.67 Å². The standard InChI is InChI=1S/C18H21FN4O2S/c1-3-14-5-12(7-19)21-22(14)8-13-6-16(25)23-17(15-4-11(15)9-24)10(2)26-18(23)20-13/h5-6,11,15,24H,3-4,7-9H2,1-2H3. The van der Waals surface area contributed by atoms with Crippen molar-refractivity contribution >= 4 is 16.3 Å². The van der Waals surface area contributed by atoms with E-state index in [9.17, 15) is 14.3 Å². The molecule has 1 saturated carbocycles. The molecule has 6 nitrogen and oxygen atoms in total. The fraction of sp³-hybridized carbons (Fsp3) is 0.500. The third kappa shape index (κ3) is 2.87. The Labute approximate surface area is 153 Å². The van der Waals surface area contributed by atoms with Crippen LogP contribution >= 0.6 is 11.3 Å². The molecule has 3 aromatic heterocycles. The van der Waals surface area contributed by atoms with Gasteiger partial charge in [-0.1, -0.05) is 6.92 Å². The van der Waals surface area contributed by atoms with E-state index in [1.165, 1.54) is 17.4 Å². The van der Waals surface area contributed by atoms with Gasteiger partial charge in [-0.2, -0.15) is 5.10 Å². The highest BCUT2D eigenvalue weighted by molar-refractivity contribution is 7.17. The van der Waals surface area contributed by atoms with Gasteiger partial charge in [-0.05, 0) is 31.7 Å². The van der Waals surface area contributed by atoms with Crippen LogP contribution in [0.25, 0.3) is 4.96 Å². The van der Waals surface area contributed by atoms with Gasteiger partial charge in [0.2, 0.25) is 0 Å². The van der Waals surface area contributed by atoms with Crippen molar-refractivity contribution in [3.05, 3.63) is 50.1 Å². The first-order valence-electron chi connectivity index (χ1n) is 8.80. The van der Waals surface area contributed by atoms with Crippen molar-refractivity contribution in [1.82, 2.24) is 19.2 Å². The van der Waals surface area contributed by atoms with Crippen molar-refractivity contribution in [2.45, 2.75) is 45.8 Å². The maximum Gasteiger partial charge on any atom is 0.259 e. The molecule has 1 N–H and O–H groups in total. The van der Waals surface area contributed by atoms with Crippen LogP contribution in [0.5, 0.6) is 0 Å². The van der Waals surface area contributed by atoms with Crippen LogP contribution < -0.4 is 5.56 Å². The number of halogens is 1. The molecule has 8 heteroatoms. The van der Waals surface area contributed by atoms with Gasteiger partial charge in [-0.3, -0.25) is 13.9 Å². The SMILES string of the molecule is CCc1cc(CF)nn1Cc1cc(=O)n2c(C3CC3CO)c(C)sc2n1. The molecule has 0 aromatic carbocycles. The van der Waals surface area contributed by atoms with Crippen LogP contribution in [0, 0.1) is 12.8 Å². The molecule has 0 spiro atoms. The van der Waals surface area contributed by atoms with Crippen molar-refractivity contribution < 1.29 is 9.50 Å². The lowest BCUT2D eigenvalue weighted by atomic mass is 10.2. The number of nitrogens with zero attached hydrogens (tertiary/aromatic N) is 4. The zero-order valence-corrected chi connectivity index (χ0v) is 15.6. The third-order valence-electron chi connectivity index (χ3n) is 5.02. The molecule has 138 valence electrons. The molecule has 3 aromatic rings. The van der Waals surface area contributed by atoms with Crippen LogP contribution in [-0.2, 0) is 19.6 Å². The van der Waals surface area contributed by atoms with Gasteiger partial charge in [0.05, 0.1) is 17.9 Å². The third-order valence-corrected chi connectivity index (χ3v) is 5.99. The first-order valence-corrected chi connectivity index (χ1v) is 9.61. The molecule has 2 unspecified atom stereocenters. The first-order chi connectivity index (χ1) is 12.5. The Morgan fingerprint density at radius 1 is 1.38 bits per heavy atom. The van der Waals surface area contributed by atoms with Crippen molar-refractivity contribution in [1.29, 1.82) is 0 Å². The molecule has 0 aliphatic heterocycles. The second kappa shape index (κ2) is 6.59. The highest BCUT2D eigenvalue weighted by atomic mass is 32.1. The summed E-state index contributed by atoms with van der Waals surface area (Å²) in [6, 6.07) is 3.29. The Morgan fingerprint density at radius 2 is 2.19 bits per heavy atom. The van der Waals surface area contributed by atoms with E-state index in [1.54, 1.807) is 15.1 Å². The molecule has 2 atom stereocenters. The quantitative estimate of drug-likeness (QED) is 0.717. The van der Waals surface area contributed by atoms with Gasteiger partial charge >= 0.3 is 0 Å². The normalized spacial score (nSPS) is 19.4. The summed E-state index contributed by atoms with van der Waals surface area (Å²) in [4.78, 5) is 19.1. The number of aliphatic hydroxyl groups is 1. The van der Waals surface area contributed by atoms with Gasteiger partial charge in [0.1, 0.15) is 6.67 Å². The highest BCUT2D eigenvalue weighted by Crippen LogP contribution is 2.49. The Morgan fingerprint density at radius 3 is 2.85 bits per heavy atom. The molecule has 0 radical (unpaired) electrons. The molecule has 1 aliphatic rings. The molecule has 4 rings (SSSR count). The largest absolute Gasteiger partial charge is 0.396 e. The Kier molecular flexibility index (Phi) is 4.40. The van der Waals surface area contributed by atoms with Gasteiger partial charge in [0.25, 0.3) is 5.56 Å². The minimum atomic E-state index is -0.601. The molecular weight excluding hydrogens is 355 g/mol. The van der Waals surface area contributed by atoms with Crippen LogP contribution in [0.3, 0.4) is 0 Å². The van der Waals surface area contributed by atoms with Crippen LogP contribution in [0.4, 0.5) is 4.39 Å². The predicted octanol–water partition coefficient (Wildman–Crippen LogP) is 2.44. The van der Waals surface area contributed by atoms with Gasteiger partial charge in [0, 0.05) is 34.9 Å². The summed E-state index contributed by atoms with van der Waals surface area (Å²) < 4.78 is 16.3. The van der Waals surface area contributed by atoms with E-state index in [-0.39, 0.29) is 24.0 Å². The van der Waals surface area contributed by atoms with E-state index in [1.807, 2.05) is 13.8 Å². The van der Waals surface area contributed by atoms with E-state index in [0.717, 1.165) is 29.1 Å². The Balaban J connectivity index is 1.73. The highest BCUT2D eigenvalue weighted by Gasteiger charge is 2.41. The summed E-state index contributed by atoms with van der Waals surface area (Å²) in [6.45, 7) is 3.89. The zero-order chi connectivity index (χ0) is 18.4. The van der Waals surface area contributed by atoms with Crippen LogP contribution in [0.15, 0.2) is 16.9 Å². The van der Waals surface area contributed by atoms with E-state index in [0.29, 0.717) is 22.9 Å². The molecule has 26 heavy (non-hydrogen) atoms. The molecular formula is C18H21FN4O2S. The van der Waals surface area contributed by atoms with Crippen LogP contribution in [0.2, 0.25) is 0 Å². The van der Waals surface area contributed by atoms with Crippen LogP contribution in [0.1, 0.15) is 46.9 Å². The number of alkyl halides is 1. The number of aryl methyl sites for hydroxylation is 2. The van der Waals surface area contributed by atoms with Crippen molar-refractivity contribution in [2.75, 3.05) is 6.61 Å². The fourth-order valence-corrected chi connectivity index (χ4v) is 4.65. The zero-order valence-electron chi connectivity index (χ0n) is 14.8. The predicted molar refractivity (Wildman–Crippen MR) is 97.5 cm³/mol. The molecule has 1 fully saturated rings. The van der Waals surface area contributed by atoms with E-state index in [4.69, 9.17) is 0 Å². The number of thiazole rings is 1. The van der Waals surface area contributed by atoms with Crippen LogP contribution in [-0.4, -0.2) is 30.9 Å². The number of rotatable bonds is 6. The summed E-state index contributed by atoms with van der Waals surface area (Å²) in [5.41, 5.74) is 2.83. The fourth-order valence-electron chi connectivity index (χ4n) is 3.59. The minimum Gasteiger partial charge on any atom is -0.396 e. The summed E-state index contributed by atoms with van der Waals surface area (Å²) in [5, 5.41) is 13.6. The summed E-state index contributed by atoms with van der Waals surface area (Å²) in [7, 11) is 0. The molecule has 0 bridgehead atoms. The molecule has 0 saturated heterocycles. The smallest absolute Gasteiger partial charge is 0.259 e. The lowest BCUT2D eigenvalue weighted by Gasteiger charge is -2.06. The molecule has 3 heterocycles. The van der Waals surface area contributed by atoms with Crippen molar-refractivity contribution in [3.63, 3.8) is 0 Å². The summed E-state index contributed by atoms with van der Waals surface area (Å²) in [6.07, 6.45) is 1.65. The molecule has 0 amide bonds. The van der Waals surface area contributed by atoms with Gasteiger partial charge in [0.15, 0.2) is 4.96 Å². The number of aromatic nitrogens is 4. The monoisotopic (exact) mass is 376 g/mol. The Hall–Kier alpha value is -2.06. The molecule has 1 aliphatic carbocycles. The average molecular weight is 376 g/mol. The topological polar surface area (TPSA) is 72.4 Å². The number of fused-ring (bicyclic) bond motifs is 1. The average Bonchev–Trinajstić information content (AvgIpc) is 3.16. The van der Waals surface area contributed by atoms with Gasteiger partial charge < -0.3 is 5.11 Å². The van der Waals surface area contributed by atoms with Gasteiger partial charge in [-0.15, -0.1) is 11.3 Å². The summed E-state index contributed by atoms with van der Waals surface area (Å²) >= 11 is 1.50. The van der Waals surface area contributed by atoms with Crippen molar-refractivity contribution in [3.8, 4) is 0 Å². The Bertz CT molecular complexity index is 1020. The van der Waals surface area contributed by atoms with Crippen molar-refractivity contribution in [2.24, 2.45) is 5.92 Å². The minimum absolute atomic E-state index is 0.108. The summed E-state index contributed by atoms with van der Waals surface area (Å²) in [5.74, 6) is 0.484. The second-order valence-electron chi connectivity index (χ2n) is 6.80. The van der Waals surface area contributed by atoms with E-state index >= 15 is 0 Å².